The third kappa shape index (κ3) is 2.31. The minimum Gasteiger partial charge on any atom is -0.394 e. The Morgan fingerprint density at radius 1 is 1.65 bits per heavy atom. The van der Waals surface area contributed by atoms with Gasteiger partial charge in [-0.1, -0.05) is 5.11 Å². The van der Waals surface area contributed by atoms with Crippen molar-refractivity contribution in [1.82, 2.24) is 9.55 Å². The van der Waals surface area contributed by atoms with Gasteiger partial charge >= 0.3 is 5.69 Å². The Morgan fingerprint density at radius 3 is 2.95 bits per heavy atom. The number of alkyl halides is 1. The molecular formula is C10H12FN5O4. The van der Waals surface area contributed by atoms with Crippen LogP contribution in [0.4, 0.5) is 4.39 Å². The zero-order valence-electron chi connectivity index (χ0n) is 10.4. The molecule has 108 valence electrons. The molecule has 1 aromatic heterocycles. The van der Waals surface area contributed by atoms with E-state index >= 15 is 0 Å². The van der Waals surface area contributed by atoms with Crippen LogP contribution in [-0.2, 0) is 4.74 Å². The van der Waals surface area contributed by atoms with Gasteiger partial charge in [-0.05, 0) is 12.5 Å². The van der Waals surface area contributed by atoms with E-state index in [9.17, 15) is 14.0 Å². The molecule has 1 aromatic rings. The van der Waals surface area contributed by atoms with Crippen molar-refractivity contribution in [2.45, 2.75) is 31.5 Å². The first-order valence-corrected chi connectivity index (χ1v) is 5.76. The molecule has 0 amide bonds. The van der Waals surface area contributed by atoms with Crippen molar-refractivity contribution in [3.05, 3.63) is 43.0 Å². The number of H-pyrrole nitrogens is 1. The fraction of sp³-hybridized carbons (Fsp3) is 0.600. The van der Waals surface area contributed by atoms with E-state index in [1.54, 1.807) is 0 Å². The molecule has 0 unspecified atom stereocenters. The molecule has 1 aliphatic heterocycles. The quantitative estimate of drug-likeness (QED) is 0.450. The highest BCUT2D eigenvalue weighted by Crippen LogP contribution is 2.32. The van der Waals surface area contributed by atoms with Crippen molar-refractivity contribution < 1.29 is 14.2 Å². The molecule has 0 aromatic carbocycles. The Labute approximate surface area is 111 Å². The maximum atomic E-state index is 13.9. The van der Waals surface area contributed by atoms with Gasteiger partial charge in [0.2, 0.25) is 0 Å². The molecule has 2 heterocycles. The summed E-state index contributed by atoms with van der Waals surface area (Å²) < 4.78 is 20.1. The maximum absolute atomic E-state index is 13.9. The Hall–Kier alpha value is -2.16. The predicted molar refractivity (Wildman–Crippen MR) is 64.9 cm³/mol. The topological polar surface area (TPSA) is 133 Å². The first kappa shape index (κ1) is 14.3. The highest BCUT2D eigenvalue weighted by atomic mass is 19.1. The van der Waals surface area contributed by atoms with Gasteiger partial charge in [-0.3, -0.25) is 14.3 Å². The van der Waals surface area contributed by atoms with Gasteiger partial charge < -0.3 is 9.84 Å². The molecule has 10 heteroatoms. The average molecular weight is 285 g/mol. The van der Waals surface area contributed by atoms with E-state index in [0.29, 0.717) is 0 Å². The standard InChI is InChI=1S/C10H12FN5O4/c1-4-2-16(10(19)13-8(4)18)9-7(14-15-12)6(11)5(3-17)20-9/h2,5-7,9,17H,3H2,1H3,(H,13,18,19)/t5-,6+,7-,9-/m1/s1. The number of hydrogen-bond acceptors (Lipinski definition) is 5. The van der Waals surface area contributed by atoms with Crippen molar-refractivity contribution in [1.29, 1.82) is 0 Å². The van der Waals surface area contributed by atoms with Crippen LogP contribution in [-0.4, -0.2) is 39.6 Å². The number of aromatic nitrogens is 2. The summed E-state index contributed by atoms with van der Waals surface area (Å²) in [5.41, 5.74) is 7.30. The fourth-order valence-corrected chi connectivity index (χ4v) is 2.04. The third-order valence-corrected chi connectivity index (χ3v) is 3.07. The van der Waals surface area contributed by atoms with Crippen molar-refractivity contribution in [2.75, 3.05) is 6.61 Å². The molecule has 0 radical (unpaired) electrons. The lowest BCUT2D eigenvalue weighted by Crippen LogP contribution is -2.37. The molecule has 1 aliphatic rings. The molecule has 0 bridgehead atoms. The average Bonchev–Trinajstić information content (AvgIpc) is 2.72. The van der Waals surface area contributed by atoms with E-state index in [0.717, 1.165) is 4.57 Å². The first-order valence-electron chi connectivity index (χ1n) is 5.76. The van der Waals surface area contributed by atoms with Gasteiger partial charge in [-0.2, -0.15) is 0 Å². The van der Waals surface area contributed by atoms with Crippen molar-refractivity contribution in [2.24, 2.45) is 5.11 Å². The monoisotopic (exact) mass is 285 g/mol. The van der Waals surface area contributed by atoms with Gasteiger partial charge in [-0.25, -0.2) is 9.18 Å². The Bertz CT molecular complexity index is 664. The summed E-state index contributed by atoms with van der Waals surface area (Å²) in [5.74, 6) is 0. The van der Waals surface area contributed by atoms with Crippen LogP contribution in [0, 0.1) is 6.92 Å². The largest absolute Gasteiger partial charge is 0.394 e. The van der Waals surface area contributed by atoms with E-state index in [4.69, 9.17) is 15.4 Å². The van der Waals surface area contributed by atoms with Gasteiger partial charge in [0.25, 0.3) is 5.56 Å². The normalized spacial score (nSPS) is 29.1. The highest BCUT2D eigenvalue weighted by Gasteiger charge is 2.45. The molecule has 0 aliphatic carbocycles. The summed E-state index contributed by atoms with van der Waals surface area (Å²) in [6.07, 6.45) is -2.98. The molecule has 0 saturated carbocycles. The Balaban J connectivity index is 2.50. The smallest absolute Gasteiger partial charge is 0.330 e. The minimum atomic E-state index is -1.75. The van der Waals surface area contributed by atoms with Gasteiger partial charge in [0, 0.05) is 16.7 Å². The van der Waals surface area contributed by atoms with Crippen LogP contribution in [0.25, 0.3) is 10.4 Å². The third-order valence-electron chi connectivity index (χ3n) is 3.07. The second-order valence-corrected chi connectivity index (χ2v) is 4.37. The summed E-state index contributed by atoms with van der Waals surface area (Å²) in [7, 11) is 0. The van der Waals surface area contributed by atoms with E-state index in [1.165, 1.54) is 13.1 Å². The summed E-state index contributed by atoms with van der Waals surface area (Å²) >= 11 is 0. The first-order chi connectivity index (χ1) is 9.49. The zero-order chi connectivity index (χ0) is 14.9. The van der Waals surface area contributed by atoms with Crippen LogP contribution in [0.2, 0.25) is 0 Å². The number of hydrogen-bond donors (Lipinski definition) is 2. The van der Waals surface area contributed by atoms with Crippen LogP contribution < -0.4 is 11.2 Å². The lowest BCUT2D eigenvalue weighted by Gasteiger charge is -2.17. The summed E-state index contributed by atoms with van der Waals surface area (Å²) in [4.78, 5) is 27.6. The predicted octanol–water partition coefficient (Wildman–Crippen LogP) is -0.248. The summed E-state index contributed by atoms with van der Waals surface area (Å²) in [6.45, 7) is 0.842. The number of halogens is 1. The van der Waals surface area contributed by atoms with Crippen molar-refractivity contribution in [3.8, 4) is 0 Å². The van der Waals surface area contributed by atoms with E-state index in [-0.39, 0.29) is 5.56 Å². The summed E-state index contributed by atoms with van der Waals surface area (Å²) in [6, 6.07) is -1.31. The lowest BCUT2D eigenvalue weighted by atomic mass is 10.1. The number of rotatable bonds is 3. The minimum absolute atomic E-state index is 0.218. The van der Waals surface area contributed by atoms with Gasteiger partial charge in [0.15, 0.2) is 0 Å². The zero-order valence-corrected chi connectivity index (χ0v) is 10.4. The fourth-order valence-electron chi connectivity index (χ4n) is 2.04. The number of aliphatic hydroxyl groups excluding tert-OH is 1. The van der Waals surface area contributed by atoms with Crippen LogP contribution in [0.15, 0.2) is 20.9 Å². The van der Waals surface area contributed by atoms with Crippen LogP contribution in [0.3, 0.4) is 0 Å². The molecule has 2 N–H and O–H groups in total. The van der Waals surface area contributed by atoms with Crippen LogP contribution in [0.1, 0.15) is 11.8 Å². The molecule has 0 spiro atoms. The number of aryl methyl sites for hydroxylation is 1. The van der Waals surface area contributed by atoms with E-state index in [1.807, 2.05) is 4.98 Å². The second-order valence-electron chi connectivity index (χ2n) is 4.37. The lowest BCUT2D eigenvalue weighted by molar-refractivity contribution is -0.0372. The molecule has 20 heavy (non-hydrogen) atoms. The molecule has 1 fully saturated rings. The van der Waals surface area contributed by atoms with Gasteiger partial charge in [0.1, 0.15) is 24.5 Å². The van der Waals surface area contributed by atoms with Gasteiger partial charge in [0.05, 0.1) is 6.61 Å². The van der Waals surface area contributed by atoms with E-state index < -0.39 is 42.4 Å². The van der Waals surface area contributed by atoms with Crippen molar-refractivity contribution in [3.63, 3.8) is 0 Å². The molecule has 1 saturated heterocycles. The molecule has 9 nitrogen and oxygen atoms in total. The Kier molecular flexibility index (Phi) is 3.89. The number of nitrogens with zero attached hydrogens (tertiary/aromatic N) is 4. The molecule has 2 rings (SSSR count). The Morgan fingerprint density at radius 2 is 2.35 bits per heavy atom. The number of azide groups is 1. The highest BCUT2D eigenvalue weighted by molar-refractivity contribution is 5.04. The number of nitrogens with one attached hydrogen (secondary N) is 1. The molecule has 4 atom stereocenters. The SMILES string of the molecule is Cc1cn([C@@H]2O[C@H](CO)[C@H](F)[C@H]2N=[N+]=[N-])c(=O)[nH]c1=O. The van der Waals surface area contributed by atoms with Crippen LogP contribution >= 0.6 is 0 Å². The summed E-state index contributed by atoms with van der Waals surface area (Å²) in [5, 5.41) is 12.3. The number of aliphatic hydroxyl groups is 1. The van der Waals surface area contributed by atoms with Crippen LogP contribution in [0.5, 0.6) is 0 Å². The van der Waals surface area contributed by atoms with E-state index in [2.05, 4.69) is 10.0 Å². The number of aromatic amines is 1. The maximum Gasteiger partial charge on any atom is 0.330 e. The molecular weight excluding hydrogens is 273 g/mol. The second kappa shape index (κ2) is 5.45. The number of ether oxygens (including phenoxy) is 1. The van der Waals surface area contributed by atoms with Crippen molar-refractivity contribution >= 4 is 0 Å². The van der Waals surface area contributed by atoms with Gasteiger partial charge in [-0.15, -0.1) is 0 Å².